The molecule has 90 valence electrons. The third-order valence-electron chi connectivity index (χ3n) is 2.38. The minimum Gasteiger partial charge on any atom is -0.477 e. The molecule has 1 aromatic rings. The summed E-state index contributed by atoms with van der Waals surface area (Å²) in [6, 6.07) is 1.81. The number of carboxylic acids is 1. The van der Waals surface area contributed by atoms with Crippen molar-refractivity contribution < 1.29 is 9.90 Å². The number of aryl methyl sites for hydroxylation is 1. The van der Waals surface area contributed by atoms with Crippen LogP contribution >= 0.6 is 23.1 Å². The van der Waals surface area contributed by atoms with E-state index >= 15 is 0 Å². The van der Waals surface area contributed by atoms with Crippen LogP contribution in [0.15, 0.2) is 6.07 Å². The topological polar surface area (TPSA) is 37.3 Å². The minimum atomic E-state index is -0.810. The van der Waals surface area contributed by atoms with Crippen LogP contribution in [0.3, 0.4) is 0 Å². The van der Waals surface area contributed by atoms with Crippen molar-refractivity contribution in [3.05, 3.63) is 21.4 Å². The average molecular weight is 258 g/mol. The SMILES string of the molecule is CCCCCSCc1cc(C(=O)O)sc1C. The molecule has 0 aliphatic carbocycles. The Morgan fingerprint density at radius 2 is 2.25 bits per heavy atom. The Labute approximate surface area is 105 Å². The maximum atomic E-state index is 10.8. The lowest BCUT2D eigenvalue weighted by atomic mass is 10.3. The van der Waals surface area contributed by atoms with E-state index in [2.05, 4.69) is 6.92 Å². The Kier molecular flexibility index (Phi) is 5.91. The Morgan fingerprint density at radius 3 is 2.81 bits per heavy atom. The molecule has 0 unspecified atom stereocenters. The highest BCUT2D eigenvalue weighted by Crippen LogP contribution is 2.25. The van der Waals surface area contributed by atoms with Crippen LogP contribution in [0, 0.1) is 6.92 Å². The Morgan fingerprint density at radius 1 is 1.50 bits per heavy atom. The van der Waals surface area contributed by atoms with Gasteiger partial charge in [0.15, 0.2) is 0 Å². The van der Waals surface area contributed by atoms with Crippen LogP contribution in [-0.4, -0.2) is 16.8 Å². The van der Waals surface area contributed by atoms with Crippen molar-refractivity contribution in [2.45, 2.75) is 38.9 Å². The molecule has 0 bridgehead atoms. The fraction of sp³-hybridized carbons (Fsp3) is 0.583. The van der Waals surface area contributed by atoms with E-state index in [-0.39, 0.29) is 0 Å². The van der Waals surface area contributed by atoms with E-state index in [1.165, 1.54) is 41.9 Å². The summed E-state index contributed by atoms with van der Waals surface area (Å²) in [6.45, 7) is 4.20. The number of carbonyl (C=O) groups is 1. The predicted molar refractivity (Wildman–Crippen MR) is 71.7 cm³/mol. The van der Waals surface area contributed by atoms with Crippen LogP contribution in [0.5, 0.6) is 0 Å². The zero-order valence-electron chi connectivity index (χ0n) is 9.78. The van der Waals surface area contributed by atoms with Crippen molar-refractivity contribution in [1.82, 2.24) is 0 Å². The molecule has 1 aromatic heterocycles. The predicted octanol–water partition coefficient (Wildman–Crippen LogP) is 4.18. The number of thioether (sulfide) groups is 1. The maximum absolute atomic E-state index is 10.8. The number of carboxylic acid groups (broad SMARTS) is 1. The van der Waals surface area contributed by atoms with Crippen molar-refractivity contribution in [1.29, 1.82) is 0 Å². The molecule has 0 aromatic carbocycles. The first kappa shape index (κ1) is 13.6. The molecule has 16 heavy (non-hydrogen) atoms. The van der Waals surface area contributed by atoms with Gasteiger partial charge in [-0.25, -0.2) is 4.79 Å². The molecular formula is C12H18O2S2. The molecule has 0 saturated heterocycles. The first-order valence-corrected chi connectivity index (χ1v) is 7.52. The summed E-state index contributed by atoms with van der Waals surface area (Å²) >= 11 is 3.28. The standard InChI is InChI=1S/C12H18O2S2/c1-3-4-5-6-15-8-10-7-11(12(13)14)16-9(10)2/h7H,3-6,8H2,1-2H3,(H,13,14). The molecule has 0 fully saturated rings. The molecule has 1 heterocycles. The number of hydrogen-bond acceptors (Lipinski definition) is 3. The van der Waals surface area contributed by atoms with E-state index in [0.717, 1.165) is 10.6 Å². The molecular weight excluding hydrogens is 240 g/mol. The average Bonchev–Trinajstić information content (AvgIpc) is 2.60. The molecule has 0 saturated carbocycles. The molecule has 0 radical (unpaired) electrons. The first-order chi connectivity index (χ1) is 7.65. The van der Waals surface area contributed by atoms with E-state index in [1.807, 2.05) is 24.8 Å². The summed E-state index contributed by atoms with van der Waals surface area (Å²) < 4.78 is 0. The van der Waals surface area contributed by atoms with Gasteiger partial charge in [0.05, 0.1) is 0 Å². The molecule has 0 atom stereocenters. The summed E-state index contributed by atoms with van der Waals surface area (Å²) in [5.41, 5.74) is 1.18. The van der Waals surface area contributed by atoms with Crippen LogP contribution in [0.25, 0.3) is 0 Å². The number of thiophene rings is 1. The molecule has 4 heteroatoms. The van der Waals surface area contributed by atoms with Crippen LogP contribution < -0.4 is 0 Å². The molecule has 0 aliphatic rings. The molecule has 1 rings (SSSR count). The lowest BCUT2D eigenvalue weighted by Crippen LogP contribution is -1.90. The normalized spacial score (nSPS) is 10.6. The van der Waals surface area contributed by atoms with Crippen molar-refractivity contribution >= 4 is 29.1 Å². The van der Waals surface area contributed by atoms with Gasteiger partial charge in [-0.15, -0.1) is 11.3 Å². The van der Waals surface area contributed by atoms with Gasteiger partial charge in [0, 0.05) is 10.6 Å². The van der Waals surface area contributed by atoms with Crippen molar-refractivity contribution in [2.24, 2.45) is 0 Å². The Balaban J connectivity index is 2.39. The second-order valence-electron chi connectivity index (χ2n) is 3.76. The highest BCUT2D eigenvalue weighted by atomic mass is 32.2. The first-order valence-electron chi connectivity index (χ1n) is 5.55. The fourth-order valence-electron chi connectivity index (χ4n) is 1.40. The molecule has 2 nitrogen and oxygen atoms in total. The lowest BCUT2D eigenvalue weighted by Gasteiger charge is -2.00. The molecule has 1 N–H and O–H groups in total. The zero-order valence-corrected chi connectivity index (χ0v) is 11.4. The van der Waals surface area contributed by atoms with Gasteiger partial charge in [-0.3, -0.25) is 0 Å². The fourth-order valence-corrected chi connectivity index (χ4v) is 3.45. The molecule has 0 amide bonds. The van der Waals surface area contributed by atoms with Crippen molar-refractivity contribution in [3.63, 3.8) is 0 Å². The van der Waals surface area contributed by atoms with Crippen molar-refractivity contribution in [3.8, 4) is 0 Å². The van der Waals surface area contributed by atoms with Gasteiger partial charge < -0.3 is 5.11 Å². The summed E-state index contributed by atoms with van der Waals surface area (Å²) in [5.74, 6) is 1.31. The minimum absolute atomic E-state index is 0.460. The second-order valence-corrected chi connectivity index (χ2v) is 6.12. The number of rotatable bonds is 7. The van der Waals surface area contributed by atoms with Crippen LogP contribution in [0.2, 0.25) is 0 Å². The second kappa shape index (κ2) is 6.97. The Bertz CT molecular complexity index is 345. The van der Waals surface area contributed by atoms with Gasteiger partial charge in [-0.1, -0.05) is 19.8 Å². The van der Waals surface area contributed by atoms with Gasteiger partial charge in [-0.05, 0) is 30.7 Å². The highest BCUT2D eigenvalue weighted by molar-refractivity contribution is 7.98. The monoisotopic (exact) mass is 258 g/mol. The molecule has 0 aliphatic heterocycles. The number of hydrogen-bond donors (Lipinski definition) is 1. The van der Waals surface area contributed by atoms with Crippen LogP contribution in [-0.2, 0) is 5.75 Å². The summed E-state index contributed by atoms with van der Waals surface area (Å²) in [5, 5.41) is 8.87. The van der Waals surface area contributed by atoms with Crippen molar-refractivity contribution in [2.75, 3.05) is 5.75 Å². The van der Waals surface area contributed by atoms with E-state index in [4.69, 9.17) is 5.11 Å². The van der Waals surface area contributed by atoms with Crippen LogP contribution in [0.1, 0.15) is 46.3 Å². The third-order valence-corrected chi connectivity index (χ3v) is 4.55. The number of aromatic carboxylic acids is 1. The smallest absolute Gasteiger partial charge is 0.345 e. The molecule has 0 spiro atoms. The van der Waals surface area contributed by atoms with Crippen LogP contribution in [0.4, 0.5) is 0 Å². The van der Waals surface area contributed by atoms with Gasteiger partial charge in [0.2, 0.25) is 0 Å². The van der Waals surface area contributed by atoms with E-state index in [1.54, 1.807) is 0 Å². The van der Waals surface area contributed by atoms with Gasteiger partial charge >= 0.3 is 5.97 Å². The highest BCUT2D eigenvalue weighted by Gasteiger charge is 2.10. The summed E-state index contributed by atoms with van der Waals surface area (Å²) in [6.07, 6.45) is 3.80. The van der Waals surface area contributed by atoms with E-state index < -0.39 is 5.97 Å². The largest absolute Gasteiger partial charge is 0.477 e. The van der Waals surface area contributed by atoms with E-state index in [0.29, 0.717) is 4.88 Å². The zero-order chi connectivity index (χ0) is 12.0. The van der Waals surface area contributed by atoms with Gasteiger partial charge in [0.1, 0.15) is 4.88 Å². The summed E-state index contributed by atoms with van der Waals surface area (Å²) in [7, 11) is 0. The Hall–Kier alpha value is -0.480. The third kappa shape index (κ3) is 4.18. The quantitative estimate of drug-likeness (QED) is 0.745. The lowest BCUT2D eigenvalue weighted by molar-refractivity contribution is 0.0702. The number of unbranched alkanes of at least 4 members (excludes halogenated alkanes) is 2. The maximum Gasteiger partial charge on any atom is 0.345 e. The van der Waals surface area contributed by atoms with Gasteiger partial charge in [-0.2, -0.15) is 11.8 Å². The summed E-state index contributed by atoms with van der Waals surface area (Å²) in [4.78, 5) is 12.4. The van der Waals surface area contributed by atoms with Gasteiger partial charge in [0.25, 0.3) is 0 Å². The van der Waals surface area contributed by atoms with E-state index in [9.17, 15) is 4.79 Å².